The first kappa shape index (κ1) is 16.4. The molecule has 2 rings (SSSR count). The van der Waals surface area contributed by atoms with E-state index in [9.17, 15) is 14.7 Å². The zero-order valence-corrected chi connectivity index (χ0v) is 12.6. The van der Waals surface area contributed by atoms with E-state index in [1.807, 2.05) is 30.3 Å². The van der Waals surface area contributed by atoms with E-state index in [-0.39, 0.29) is 13.0 Å². The molecule has 23 heavy (non-hydrogen) atoms. The molecule has 7 nitrogen and oxygen atoms in total. The Labute approximate surface area is 133 Å². The van der Waals surface area contributed by atoms with Crippen LogP contribution in [0.25, 0.3) is 0 Å². The van der Waals surface area contributed by atoms with Gasteiger partial charge in [-0.1, -0.05) is 30.3 Å². The van der Waals surface area contributed by atoms with Crippen molar-refractivity contribution in [2.45, 2.75) is 26.0 Å². The lowest BCUT2D eigenvalue weighted by molar-refractivity contribution is -0.139. The Bertz CT molecular complexity index is 676. The number of aryl methyl sites for hydroxylation is 1. The number of hydrogen-bond donors (Lipinski definition) is 2. The average Bonchev–Trinajstić information content (AvgIpc) is 2.53. The first-order valence-corrected chi connectivity index (χ1v) is 7.03. The fourth-order valence-electron chi connectivity index (χ4n) is 1.89. The molecule has 120 valence electrons. The van der Waals surface area contributed by atoms with Gasteiger partial charge in [0.2, 0.25) is 0 Å². The number of nitrogens with one attached hydrogen (secondary N) is 1. The summed E-state index contributed by atoms with van der Waals surface area (Å²) in [5.41, 5.74) is 1.54. The summed E-state index contributed by atoms with van der Waals surface area (Å²) < 4.78 is 5.02. The fourth-order valence-corrected chi connectivity index (χ4v) is 1.89. The standard InChI is InChI=1S/C16H17N3O4/c1-11-7-8-17-14(18-11)9-13(15(20)21)19-16(22)23-10-12-5-3-2-4-6-12/h2-8,13H,9-10H2,1H3,(H,19,22)(H,20,21). The topological polar surface area (TPSA) is 101 Å². The van der Waals surface area contributed by atoms with Crippen LogP contribution in [0.15, 0.2) is 42.6 Å². The predicted octanol–water partition coefficient (Wildman–Crippen LogP) is 1.71. The fraction of sp³-hybridized carbons (Fsp3) is 0.250. The number of carboxylic acids is 1. The highest BCUT2D eigenvalue weighted by molar-refractivity contribution is 5.80. The monoisotopic (exact) mass is 315 g/mol. The number of amides is 1. The molecule has 1 unspecified atom stereocenters. The first-order chi connectivity index (χ1) is 11.0. The number of carboxylic acid groups (broad SMARTS) is 1. The molecule has 1 atom stereocenters. The van der Waals surface area contributed by atoms with Gasteiger partial charge in [-0.2, -0.15) is 0 Å². The van der Waals surface area contributed by atoms with Crippen LogP contribution in [0.5, 0.6) is 0 Å². The average molecular weight is 315 g/mol. The minimum atomic E-state index is -1.17. The number of ether oxygens (including phenoxy) is 1. The SMILES string of the molecule is Cc1ccnc(CC(NC(=O)OCc2ccccc2)C(=O)O)n1. The summed E-state index contributed by atoms with van der Waals surface area (Å²) >= 11 is 0. The normalized spacial score (nSPS) is 11.5. The van der Waals surface area contributed by atoms with Crippen molar-refractivity contribution in [3.63, 3.8) is 0 Å². The molecule has 0 aliphatic heterocycles. The summed E-state index contributed by atoms with van der Waals surface area (Å²) in [4.78, 5) is 31.1. The van der Waals surface area contributed by atoms with Crippen molar-refractivity contribution in [3.05, 3.63) is 59.7 Å². The van der Waals surface area contributed by atoms with Gasteiger partial charge < -0.3 is 15.2 Å². The van der Waals surface area contributed by atoms with Gasteiger partial charge in [0.15, 0.2) is 0 Å². The van der Waals surface area contributed by atoms with Crippen LogP contribution in [0.2, 0.25) is 0 Å². The molecule has 0 fully saturated rings. The Morgan fingerprint density at radius 2 is 2.00 bits per heavy atom. The third kappa shape index (κ3) is 5.39. The Hall–Kier alpha value is -2.96. The lowest BCUT2D eigenvalue weighted by atomic mass is 10.2. The molecule has 1 heterocycles. The second kappa shape index (κ2) is 7.88. The molecule has 0 aliphatic rings. The van der Waals surface area contributed by atoms with Crippen molar-refractivity contribution < 1.29 is 19.4 Å². The van der Waals surface area contributed by atoms with Crippen molar-refractivity contribution in [1.29, 1.82) is 0 Å². The summed E-state index contributed by atoms with van der Waals surface area (Å²) in [6.07, 6.45) is 0.732. The van der Waals surface area contributed by atoms with Crippen LogP contribution in [-0.4, -0.2) is 33.2 Å². The zero-order chi connectivity index (χ0) is 16.7. The summed E-state index contributed by atoms with van der Waals surface area (Å²) in [6.45, 7) is 1.85. The second-order valence-electron chi connectivity index (χ2n) is 4.92. The second-order valence-corrected chi connectivity index (χ2v) is 4.92. The molecule has 1 aromatic heterocycles. The van der Waals surface area contributed by atoms with E-state index in [0.717, 1.165) is 11.3 Å². The maximum Gasteiger partial charge on any atom is 0.408 e. The van der Waals surface area contributed by atoms with Crippen molar-refractivity contribution in [1.82, 2.24) is 15.3 Å². The van der Waals surface area contributed by atoms with E-state index in [0.29, 0.717) is 5.82 Å². The number of aromatic nitrogens is 2. The number of hydrogen-bond acceptors (Lipinski definition) is 5. The molecule has 0 spiro atoms. The number of alkyl carbamates (subject to hydrolysis) is 1. The maximum absolute atomic E-state index is 11.8. The molecule has 0 radical (unpaired) electrons. The number of carbonyl (C=O) groups excluding carboxylic acids is 1. The lowest BCUT2D eigenvalue weighted by Crippen LogP contribution is -2.42. The third-order valence-electron chi connectivity index (χ3n) is 3.03. The van der Waals surface area contributed by atoms with Gasteiger partial charge in [-0.25, -0.2) is 19.6 Å². The quantitative estimate of drug-likeness (QED) is 0.841. The number of rotatable bonds is 6. The van der Waals surface area contributed by atoms with Gasteiger partial charge in [0.05, 0.1) is 0 Å². The summed E-state index contributed by atoms with van der Waals surface area (Å²) in [7, 11) is 0. The van der Waals surface area contributed by atoms with E-state index in [1.165, 1.54) is 0 Å². The van der Waals surface area contributed by atoms with Gasteiger partial charge in [0, 0.05) is 18.3 Å². The Kier molecular flexibility index (Phi) is 5.62. The molecule has 1 amide bonds. The molecule has 2 aromatic rings. The van der Waals surface area contributed by atoms with Gasteiger partial charge in [-0.05, 0) is 18.6 Å². The Balaban J connectivity index is 1.91. The van der Waals surface area contributed by atoms with E-state index < -0.39 is 18.1 Å². The highest BCUT2D eigenvalue weighted by Gasteiger charge is 2.22. The van der Waals surface area contributed by atoms with Gasteiger partial charge >= 0.3 is 12.1 Å². The highest BCUT2D eigenvalue weighted by atomic mass is 16.5. The van der Waals surface area contributed by atoms with Gasteiger partial charge in [-0.3, -0.25) is 0 Å². The van der Waals surface area contributed by atoms with Crippen LogP contribution in [0.3, 0.4) is 0 Å². The number of carbonyl (C=O) groups is 2. The molecule has 2 N–H and O–H groups in total. The molecule has 0 saturated heterocycles. The van der Waals surface area contributed by atoms with Crippen molar-refractivity contribution in [2.75, 3.05) is 0 Å². The third-order valence-corrected chi connectivity index (χ3v) is 3.03. The van der Waals surface area contributed by atoms with Crippen LogP contribution in [-0.2, 0) is 22.6 Å². The number of aliphatic carboxylic acids is 1. The van der Waals surface area contributed by atoms with Gasteiger partial charge in [-0.15, -0.1) is 0 Å². The van der Waals surface area contributed by atoms with Gasteiger partial charge in [0.1, 0.15) is 18.5 Å². The van der Waals surface area contributed by atoms with E-state index >= 15 is 0 Å². The number of benzene rings is 1. The minimum absolute atomic E-state index is 0.0164. The molecule has 0 saturated carbocycles. The van der Waals surface area contributed by atoms with Crippen molar-refractivity contribution >= 4 is 12.1 Å². The highest BCUT2D eigenvalue weighted by Crippen LogP contribution is 2.03. The first-order valence-electron chi connectivity index (χ1n) is 7.03. The van der Waals surface area contributed by atoms with E-state index in [1.54, 1.807) is 19.2 Å². The molecule has 1 aromatic carbocycles. The van der Waals surface area contributed by atoms with Crippen LogP contribution in [0.1, 0.15) is 17.1 Å². The van der Waals surface area contributed by atoms with Crippen LogP contribution >= 0.6 is 0 Å². The van der Waals surface area contributed by atoms with Crippen LogP contribution in [0.4, 0.5) is 4.79 Å². The summed E-state index contributed by atoms with van der Waals surface area (Å²) in [5.74, 6) is -0.826. The minimum Gasteiger partial charge on any atom is -0.480 e. The van der Waals surface area contributed by atoms with Crippen molar-refractivity contribution in [2.24, 2.45) is 0 Å². The summed E-state index contributed by atoms with van der Waals surface area (Å²) in [5, 5.41) is 11.5. The molecule has 7 heteroatoms. The molecular weight excluding hydrogens is 298 g/mol. The Morgan fingerprint density at radius 3 is 2.65 bits per heavy atom. The maximum atomic E-state index is 11.8. The largest absolute Gasteiger partial charge is 0.480 e. The number of nitrogens with zero attached hydrogens (tertiary/aromatic N) is 2. The van der Waals surface area contributed by atoms with Crippen LogP contribution < -0.4 is 5.32 Å². The molecular formula is C16H17N3O4. The lowest BCUT2D eigenvalue weighted by Gasteiger charge is -2.14. The predicted molar refractivity (Wildman–Crippen MR) is 81.7 cm³/mol. The smallest absolute Gasteiger partial charge is 0.408 e. The molecule has 0 aliphatic carbocycles. The van der Waals surface area contributed by atoms with Gasteiger partial charge in [0.25, 0.3) is 0 Å². The van der Waals surface area contributed by atoms with Crippen LogP contribution in [0, 0.1) is 6.92 Å². The van der Waals surface area contributed by atoms with E-state index in [2.05, 4.69) is 15.3 Å². The van der Waals surface area contributed by atoms with E-state index in [4.69, 9.17) is 4.74 Å². The molecule has 0 bridgehead atoms. The Morgan fingerprint density at radius 1 is 1.26 bits per heavy atom. The van der Waals surface area contributed by atoms with Crippen molar-refractivity contribution in [3.8, 4) is 0 Å². The zero-order valence-electron chi connectivity index (χ0n) is 12.6. The summed E-state index contributed by atoms with van der Waals surface area (Å²) in [6, 6.07) is 9.68.